The van der Waals surface area contributed by atoms with E-state index in [4.69, 9.17) is 15.5 Å². The van der Waals surface area contributed by atoms with Crippen LogP contribution in [-0.4, -0.2) is 69.9 Å². The van der Waals surface area contributed by atoms with E-state index in [0.29, 0.717) is 22.4 Å². The maximum atomic E-state index is 14.3. The van der Waals surface area contributed by atoms with Crippen molar-refractivity contribution in [3.05, 3.63) is 46.5 Å². The second kappa shape index (κ2) is 9.54. The molecule has 0 radical (unpaired) electrons. The zero-order chi connectivity index (χ0) is 31.3. The van der Waals surface area contributed by atoms with Gasteiger partial charge in [-0.15, -0.1) is 0 Å². The van der Waals surface area contributed by atoms with Crippen LogP contribution < -0.4 is 10.6 Å². The van der Waals surface area contributed by atoms with Gasteiger partial charge in [-0.3, -0.25) is 28.9 Å². The fraction of sp³-hybridized carbons (Fsp3) is 0.469. The fourth-order valence-electron chi connectivity index (χ4n) is 7.60. The van der Waals surface area contributed by atoms with Gasteiger partial charge in [-0.25, -0.2) is 0 Å². The van der Waals surface area contributed by atoms with E-state index in [1.807, 2.05) is 39.0 Å². The van der Waals surface area contributed by atoms with Crippen LogP contribution in [0.2, 0.25) is 0 Å². The number of phenols is 1. The Morgan fingerprint density at radius 3 is 2.42 bits per heavy atom. The van der Waals surface area contributed by atoms with Crippen molar-refractivity contribution in [3.63, 3.8) is 0 Å². The van der Waals surface area contributed by atoms with Crippen molar-refractivity contribution in [1.29, 1.82) is 0 Å². The van der Waals surface area contributed by atoms with Crippen LogP contribution in [0.4, 0.5) is 0 Å². The molecule has 2 unspecified atom stereocenters. The number of carbonyl (C=O) groups is 5. The number of aliphatic hydroxyl groups is 1. The molecule has 6 atom stereocenters. The predicted octanol–water partition coefficient (Wildman–Crippen LogP) is 1.66. The monoisotopic (exact) mass is 590 g/mol. The average molecular weight is 591 g/mol. The zero-order valence-corrected chi connectivity index (χ0v) is 24.6. The number of nitrogens with two attached hydrogens (primary N) is 1. The van der Waals surface area contributed by atoms with E-state index in [1.54, 1.807) is 20.2 Å². The molecule has 1 heterocycles. The van der Waals surface area contributed by atoms with Gasteiger partial charge in [-0.1, -0.05) is 26.8 Å². The maximum absolute atomic E-state index is 14.3. The standard InChI is InChI=1S/C32H34N2O9/c1-31(2,3)19-11-16(13-6-7-20-15(8-13)12-42-43-20)17-9-14-10-18-24(34(4)5)27(37)23(30(33)40)29(39)32(18,41)28(38)21(14)26(36)22(17)25(19)35/h6-8,11,14,18,21,23-24,35,41H,9-10,12H2,1-5H3,(H2,33,40)/t14-,18-,21?,23?,24-,32-/m0/s1. The topological polar surface area (TPSA) is 174 Å². The van der Waals surface area contributed by atoms with Gasteiger partial charge in [0.25, 0.3) is 0 Å². The van der Waals surface area contributed by atoms with Crippen LogP contribution in [0.3, 0.4) is 0 Å². The minimum Gasteiger partial charge on any atom is -0.507 e. The molecule has 1 aliphatic heterocycles. The molecule has 2 saturated carbocycles. The predicted molar refractivity (Wildman–Crippen MR) is 151 cm³/mol. The number of rotatable bonds is 3. The van der Waals surface area contributed by atoms with Crippen molar-refractivity contribution in [2.75, 3.05) is 14.1 Å². The SMILES string of the molecule is CN(C)[C@@H]1C(=O)C(C(N)=O)C(=O)[C@@]2(O)C(=O)C3C(=O)c4c(O)c(C(C)(C)C)cc(-c5ccc6c(c5)COO6)c4C[C@H]3C[C@@H]12. The van der Waals surface area contributed by atoms with Crippen molar-refractivity contribution in [3.8, 4) is 22.6 Å². The first-order valence-corrected chi connectivity index (χ1v) is 14.3. The molecule has 4 N–H and O–H groups in total. The largest absolute Gasteiger partial charge is 0.507 e. The first-order valence-electron chi connectivity index (χ1n) is 14.3. The molecule has 0 bridgehead atoms. The Kier molecular flexibility index (Phi) is 6.47. The third kappa shape index (κ3) is 4.01. The minimum absolute atomic E-state index is 0.0169. The van der Waals surface area contributed by atoms with Crippen molar-refractivity contribution in [2.45, 2.75) is 57.3 Å². The van der Waals surface area contributed by atoms with Gasteiger partial charge in [0, 0.05) is 17.0 Å². The van der Waals surface area contributed by atoms with E-state index < -0.39 is 69.8 Å². The van der Waals surface area contributed by atoms with Crippen LogP contribution in [0.5, 0.6) is 11.5 Å². The van der Waals surface area contributed by atoms with E-state index in [-0.39, 0.29) is 30.8 Å². The van der Waals surface area contributed by atoms with Crippen molar-refractivity contribution < 1.29 is 44.0 Å². The van der Waals surface area contributed by atoms with E-state index in [9.17, 15) is 34.2 Å². The molecule has 3 aliphatic carbocycles. The highest BCUT2D eigenvalue weighted by atomic mass is 17.2. The first kappa shape index (κ1) is 29.2. The number of phenolic OH excluding ortho intramolecular Hbond substituents is 1. The Morgan fingerprint density at radius 1 is 1.09 bits per heavy atom. The third-order valence-corrected chi connectivity index (χ3v) is 9.60. The number of fused-ring (bicyclic) bond motifs is 4. The molecule has 11 heteroatoms. The quantitative estimate of drug-likeness (QED) is 0.352. The number of carbonyl (C=O) groups excluding carboxylic acids is 5. The van der Waals surface area contributed by atoms with Gasteiger partial charge in [-0.2, -0.15) is 4.89 Å². The lowest BCUT2D eigenvalue weighted by Crippen LogP contribution is -2.74. The Labute approximate surface area is 247 Å². The fourth-order valence-corrected chi connectivity index (χ4v) is 7.60. The second-order valence-electron chi connectivity index (χ2n) is 13.4. The number of likely N-dealkylation sites (N-methyl/N-ethyl adjacent to an activating group) is 1. The molecule has 2 fully saturated rings. The molecule has 0 aromatic heterocycles. The second-order valence-corrected chi connectivity index (χ2v) is 13.4. The smallest absolute Gasteiger partial charge is 0.235 e. The van der Waals surface area contributed by atoms with Gasteiger partial charge in [0.2, 0.25) is 5.91 Å². The summed E-state index contributed by atoms with van der Waals surface area (Å²) in [6, 6.07) is 6.19. The van der Waals surface area contributed by atoms with Crippen molar-refractivity contribution in [1.82, 2.24) is 4.90 Å². The molecule has 1 amide bonds. The van der Waals surface area contributed by atoms with Crippen molar-refractivity contribution >= 4 is 29.0 Å². The Morgan fingerprint density at radius 2 is 1.79 bits per heavy atom. The third-order valence-electron chi connectivity index (χ3n) is 9.60. The van der Waals surface area contributed by atoms with E-state index in [1.165, 1.54) is 4.90 Å². The zero-order valence-electron chi connectivity index (χ0n) is 24.6. The lowest BCUT2D eigenvalue weighted by atomic mass is 9.52. The molecule has 0 saturated heterocycles. The summed E-state index contributed by atoms with van der Waals surface area (Å²) in [5.41, 5.74) is 5.31. The summed E-state index contributed by atoms with van der Waals surface area (Å²) >= 11 is 0. The van der Waals surface area contributed by atoms with Crippen LogP contribution in [0.25, 0.3) is 11.1 Å². The average Bonchev–Trinajstić information content (AvgIpc) is 3.38. The van der Waals surface area contributed by atoms with Gasteiger partial charge in [-0.05, 0) is 73.2 Å². The molecule has 2 aromatic carbocycles. The summed E-state index contributed by atoms with van der Waals surface area (Å²) < 4.78 is 0. The minimum atomic E-state index is -2.77. The van der Waals surface area contributed by atoms with Crippen LogP contribution in [0, 0.1) is 23.7 Å². The van der Waals surface area contributed by atoms with Gasteiger partial charge in [0.15, 0.2) is 40.4 Å². The highest BCUT2D eigenvalue weighted by Gasteiger charge is 2.69. The van der Waals surface area contributed by atoms with Crippen molar-refractivity contribution in [2.24, 2.45) is 29.4 Å². The Balaban J connectivity index is 1.54. The Hall–Kier alpha value is -3.93. The van der Waals surface area contributed by atoms with Crippen LogP contribution in [0.1, 0.15) is 54.2 Å². The van der Waals surface area contributed by atoms with Gasteiger partial charge >= 0.3 is 0 Å². The number of primary amides is 1. The van der Waals surface area contributed by atoms with E-state index in [0.717, 1.165) is 11.1 Å². The highest BCUT2D eigenvalue weighted by molar-refractivity contribution is 6.32. The molecule has 6 rings (SSSR count). The number of hydrogen-bond acceptors (Lipinski definition) is 10. The summed E-state index contributed by atoms with van der Waals surface area (Å²) in [7, 11) is 3.11. The highest BCUT2D eigenvalue weighted by Crippen LogP contribution is 2.53. The van der Waals surface area contributed by atoms with Gasteiger partial charge in [0.1, 0.15) is 12.4 Å². The summed E-state index contributed by atoms with van der Waals surface area (Å²) in [6.45, 7) is 5.91. The van der Waals surface area contributed by atoms with Crippen LogP contribution >= 0.6 is 0 Å². The molecular weight excluding hydrogens is 556 g/mol. The summed E-state index contributed by atoms with van der Waals surface area (Å²) in [5, 5.41) is 23.4. The summed E-state index contributed by atoms with van der Waals surface area (Å²) in [6.07, 6.45) is 0.153. The number of Topliss-reactive ketones (excluding diaryl/α,β-unsaturated/α-hetero) is 4. The first-order chi connectivity index (χ1) is 20.1. The van der Waals surface area contributed by atoms with E-state index in [2.05, 4.69) is 0 Å². The van der Waals surface area contributed by atoms with Crippen LogP contribution in [-0.2, 0) is 42.5 Å². The lowest BCUT2D eigenvalue weighted by Gasteiger charge is -2.52. The molecule has 4 aliphatic rings. The number of benzene rings is 2. The molecule has 226 valence electrons. The Bertz CT molecular complexity index is 1640. The molecule has 2 aromatic rings. The van der Waals surface area contributed by atoms with Gasteiger partial charge < -0.3 is 20.8 Å². The number of amides is 1. The molecule has 0 spiro atoms. The number of hydrogen-bond donors (Lipinski definition) is 3. The number of ketones is 4. The van der Waals surface area contributed by atoms with Crippen LogP contribution in [0.15, 0.2) is 24.3 Å². The van der Waals surface area contributed by atoms with E-state index >= 15 is 0 Å². The molecule has 43 heavy (non-hydrogen) atoms. The number of aromatic hydroxyl groups is 1. The number of nitrogens with zero attached hydrogens (tertiary/aromatic N) is 1. The van der Waals surface area contributed by atoms with Gasteiger partial charge in [0.05, 0.1) is 17.5 Å². The lowest BCUT2D eigenvalue weighted by molar-refractivity contribution is -0.194. The normalized spacial score (nSPS) is 30.0. The molecular formula is C32H34N2O9. The summed E-state index contributed by atoms with van der Waals surface area (Å²) in [4.78, 5) is 79.4. The molecule has 11 nitrogen and oxygen atoms in total. The maximum Gasteiger partial charge on any atom is 0.235 e. The summed E-state index contributed by atoms with van der Waals surface area (Å²) in [5.74, 6) is -10.1.